The van der Waals surface area contributed by atoms with E-state index in [4.69, 9.17) is 11.6 Å². The molecule has 1 N–H and O–H groups in total. The third-order valence-electron chi connectivity index (χ3n) is 3.42. The highest BCUT2D eigenvalue weighted by atomic mass is 35.5. The van der Waals surface area contributed by atoms with Crippen LogP contribution in [0.1, 0.15) is 22.7 Å². The molecule has 0 aliphatic carbocycles. The van der Waals surface area contributed by atoms with Crippen LogP contribution in [-0.2, 0) is 6.42 Å². The molecule has 0 spiro atoms. The molecule has 0 aliphatic heterocycles. The highest BCUT2D eigenvalue weighted by molar-refractivity contribution is 6.31. The summed E-state index contributed by atoms with van der Waals surface area (Å²) in [6, 6.07) is 12.8. The Hall–Kier alpha value is -1.38. The van der Waals surface area contributed by atoms with Gasteiger partial charge >= 0.3 is 0 Å². The van der Waals surface area contributed by atoms with Crippen LogP contribution in [0.2, 0.25) is 5.02 Å². The monoisotopic (exact) mass is 277 g/mol. The molecule has 1 atom stereocenters. The minimum atomic E-state index is -0.164. The summed E-state index contributed by atoms with van der Waals surface area (Å²) in [4.78, 5) is 0. The molecule has 19 heavy (non-hydrogen) atoms. The van der Waals surface area contributed by atoms with E-state index in [1.54, 1.807) is 6.07 Å². The third kappa shape index (κ3) is 3.14. The van der Waals surface area contributed by atoms with E-state index in [9.17, 15) is 4.39 Å². The van der Waals surface area contributed by atoms with Crippen molar-refractivity contribution in [3.8, 4) is 0 Å². The van der Waals surface area contributed by atoms with Gasteiger partial charge in [-0.1, -0.05) is 41.9 Å². The summed E-state index contributed by atoms with van der Waals surface area (Å²) < 4.78 is 13.7. The van der Waals surface area contributed by atoms with E-state index in [2.05, 4.69) is 5.32 Å². The molecule has 0 saturated heterocycles. The number of nitrogens with one attached hydrogen (secondary N) is 1. The van der Waals surface area contributed by atoms with Gasteiger partial charge in [-0.15, -0.1) is 0 Å². The van der Waals surface area contributed by atoms with Crippen molar-refractivity contribution < 1.29 is 4.39 Å². The zero-order valence-corrected chi connectivity index (χ0v) is 11.8. The molecular weight excluding hydrogens is 261 g/mol. The van der Waals surface area contributed by atoms with Crippen LogP contribution in [-0.4, -0.2) is 7.05 Å². The largest absolute Gasteiger partial charge is 0.313 e. The van der Waals surface area contributed by atoms with E-state index in [1.165, 1.54) is 6.07 Å². The molecule has 1 nitrogen and oxygen atoms in total. The lowest BCUT2D eigenvalue weighted by Crippen LogP contribution is -2.20. The first-order valence-corrected chi connectivity index (χ1v) is 6.67. The normalized spacial score (nSPS) is 12.4. The lowest BCUT2D eigenvalue weighted by molar-refractivity contribution is 0.553. The molecule has 0 heterocycles. The molecule has 0 bridgehead atoms. The maximum Gasteiger partial charge on any atom is 0.126 e. The molecule has 3 heteroatoms. The molecule has 0 fully saturated rings. The van der Waals surface area contributed by atoms with Crippen molar-refractivity contribution in [1.29, 1.82) is 0 Å². The van der Waals surface area contributed by atoms with Crippen molar-refractivity contribution in [3.05, 3.63) is 70.0 Å². The molecule has 0 saturated carbocycles. The van der Waals surface area contributed by atoms with Crippen LogP contribution in [0.5, 0.6) is 0 Å². The van der Waals surface area contributed by atoms with E-state index >= 15 is 0 Å². The SMILES string of the molecule is CNC(Cc1ccccc1F)c1cccc(Cl)c1C. The fraction of sp³-hybridized carbons (Fsp3) is 0.250. The minimum absolute atomic E-state index is 0.0515. The first-order chi connectivity index (χ1) is 9.13. The molecule has 0 aliphatic rings. The van der Waals surface area contributed by atoms with Gasteiger partial charge < -0.3 is 5.32 Å². The van der Waals surface area contributed by atoms with Gasteiger partial charge in [-0.25, -0.2) is 4.39 Å². The highest BCUT2D eigenvalue weighted by Crippen LogP contribution is 2.27. The van der Waals surface area contributed by atoms with Gasteiger partial charge in [-0.05, 0) is 49.2 Å². The molecule has 2 rings (SSSR count). The van der Waals surface area contributed by atoms with Crippen LogP contribution in [0.25, 0.3) is 0 Å². The van der Waals surface area contributed by atoms with E-state index in [0.717, 1.165) is 16.1 Å². The highest BCUT2D eigenvalue weighted by Gasteiger charge is 2.15. The molecule has 100 valence electrons. The van der Waals surface area contributed by atoms with Crippen LogP contribution in [0.3, 0.4) is 0 Å². The van der Waals surface area contributed by atoms with Gasteiger partial charge in [-0.2, -0.15) is 0 Å². The van der Waals surface area contributed by atoms with Crippen LogP contribution >= 0.6 is 11.6 Å². The topological polar surface area (TPSA) is 12.0 Å². The van der Waals surface area contributed by atoms with Gasteiger partial charge in [0.1, 0.15) is 5.82 Å². The van der Waals surface area contributed by atoms with E-state index in [-0.39, 0.29) is 11.9 Å². The van der Waals surface area contributed by atoms with Gasteiger partial charge in [0.05, 0.1) is 0 Å². The number of likely N-dealkylation sites (N-methyl/N-ethyl adjacent to an activating group) is 1. The van der Waals surface area contributed by atoms with Crippen molar-refractivity contribution in [1.82, 2.24) is 5.32 Å². The maximum atomic E-state index is 13.7. The van der Waals surface area contributed by atoms with E-state index in [0.29, 0.717) is 12.0 Å². The first-order valence-electron chi connectivity index (χ1n) is 6.29. The molecule has 1 unspecified atom stereocenters. The Labute approximate surface area is 118 Å². The lowest BCUT2D eigenvalue weighted by atomic mass is 9.95. The predicted octanol–water partition coefficient (Wildman–Crippen LogP) is 4.29. The summed E-state index contributed by atoms with van der Waals surface area (Å²) in [5.41, 5.74) is 2.86. The Kier molecular flexibility index (Phi) is 4.56. The summed E-state index contributed by atoms with van der Waals surface area (Å²) in [6.45, 7) is 1.99. The van der Waals surface area contributed by atoms with Crippen molar-refractivity contribution in [2.45, 2.75) is 19.4 Å². The lowest BCUT2D eigenvalue weighted by Gasteiger charge is -2.20. The number of hydrogen-bond donors (Lipinski definition) is 1. The van der Waals surface area contributed by atoms with Crippen LogP contribution in [0, 0.1) is 12.7 Å². The third-order valence-corrected chi connectivity index (χ3v) is 3.82. The summed E-state index contributed by atoms with van der Waals surface area (Å²) in [5.74, 6) is -0.164. The van der Waals surface area contributed by atoms with Crippen LogP contribution in [0.15, 0.2) is 42.5 Å². The maximum absolute atomic E-state index is 13.7. The summed E-state index contributed by atoms with van der Waals surface area (Å²) in [5, 5.41) is 3.98. The van der Waals surface area contributed by atoms with Crippen molar-refractivity contribution >= 4 is 11.6 Å². The Balaban J connectivity index is 2.31. The second-order valence-electron chi connectivity index (χ2n) is 4.59. The number of rotatable bonds is 4. The number of halogens is 2. The van der Waals surface area contributed by atoms with Gasteiger partial charge in [-0.3, -0.25) is 0 Å². The van der Waals surface area contributed by atoms with E-state index < -0.39 is 0 Å². The second-order valence-corrected chi connectivity index (χ2v) is 5.00. The molecule has 2 aromatic carbocycles. The second kappa shape index (κ2) is 6.18. The summed E-state index contributed by atoms with van der Waals surface area (Å²) in [6.07, 6.45) is 0.602. The molecule has 0 radical (unpaired) electrons. The van der Waals surface area contributed by atoms with Crippen molar-refractivity contribution in [3.63, 3.8) is 0 Å². The van der Waals surface area contributed by atoms with Crippen LogP contribution < -0.4 is 5.32 Å². The van der Waals surface area contributed by atoms with Gasteiger partial charge in [0.25, 0.3) is 0 Å². The molecular formula is C16H17ClFN. The number of benzene rings is 2. The summed E-state index contributed by atoms with van der Waals surface area (Å²) in [7, 11) is 1.88. The van der Waals surface area contributed by atoms with Gasteiger partial charge in [0.15, 0.2) is 0 Å². The standard InChI is InChI=1S/C16H17ClFN/c1-11-13(7-5-8-14(11)17)16(19-2)10-12-6-3-4-9-15(12)18/h3-9,16,19H,10H2,1-2H3. The molecule has 0 amide bonds. The average Bonchev–Trinajstić information content (AvgIpc) is 2.41. The Morgan fingerprint density at radius 1 is 1.16 bits per heavy atom. The Morgan fingerprint density at radius 3 is 2.58 bits per heavy atom. The summed E-state index contributed by atoms with van der Waals surface area (Å²) >= 11 is 6.15. The Morgan fingerprint density at radius 2 is 1.89 bits per heavy atom. The van der Waals surface area contributed by atoms with Gasteiger partial charge in [0.2, 0.25) is 0 Å². The van der Waals surface area contributed by atoms with Crippen molar-refractivity contribution in [2.24, 2.45) is 0 Å². The fourth-order valence-electron chi connectivity index (χ4n) is 2.25. The quantitative estimate of drug-likeness (QED) is 0.879. The van der Waals surface area contributed by atoms with Crippen molar-refractivity contribution in [2.75, 3.05) is 7.05 Å². The predicted molar refractivity (Wildman–Crippen MR) is 78.1 cm³/mol. The average molecular weight is 278 g/mol. The molecule has 0 aromatic heterocycles. The van der Waals surface area contributed by atoms with Crippen LogP contribution in [0.4, 0.5) is 4.39 Å². The zero-order valence-electron chi connectivity index (χ0n) is 11.1. The zero-order chi connectivity index (χ0) is 13.8. The van der Waals surface area contributed by atoms with E-state index in [1.807, 2.05) is 44.3 Å². The Bertz CT molecular complexity index is 568. The minimum Gasteiger partial charge on any atom is -0.313 e. The van der Waals surface area contributed by atoms with Gasteiger partial charge in [0, 0.05) is 11.1 Å². The smallest absolute Gasteiger partial charge is 0.126 e. The first kappa shape index (κ1) is 14.0. The number of hydrogen-bond acceptors (Lipinski definition) is 1. The molecule has 2 aromatic rings. The fourth-order valence-corrected chi connectivity index (χ4v) is 2.43.